The van der Waals surface area contributed by atoms with Crippen molar-refractivity contribution >= 4 is 34.0 Å². The van der Waals surface area contributed by atoms with E-state index in [9.17, 15) is 4.79 Å². The van der Waals surface area contributed by atoms with Crippen molar-refractivity contribution in [3.63, 3.8) is 0 Å². The Morgan fingerprint density at radius 1 is 1.41 bits per heavy atom. The van der Waals surface area contributed by atoms with E-state index < -0.39 is 0 Å². The molecule has 0 saturated heterocycles. The van der Waals surface area contributed by atoms with Crippen molar-refractivity contribution in [2.45, 2.75) is 13.5 Å². The lowest BCUT2D eigenvalue weighted by Gasteiger charge is -2.05. The van der Waals surface area contributed by atoms with Crippen molar-refractivity contribution in [3.05, 3.63) is 45.4 Å². The van der Waals surface area contributed by atoms with Gasteiger partial charge in [0, 0.05) is 25.2 Å². The van der Waals surface area contributed by atoms with E-state index in [1.807, 2.05) is 25.1 Å². The number of ether oxygens (including phenoxy) is 1. The number of methoxy groups -OCH3 is 1. The maximum Gasteiger partial charge on any atom is 0.263 e. The predicted octanol–water partition coefficient (Wildman–Crippen LogP) is 3.09. The molecule has 7 heteroatoms. The van der Waals surface area contributed by atoms with Gasteiger partial charge in [0.05, 0.1) is 12.3 Å². The minimum atomic E-state index is -0.144. The fourth-order valence-corrected chi connectivity index (χ4v) is 2.95. The quantitative estimate of drug-likeness (QED) is 0.761. The lowest BCUT2D eigenvalue weighted by Crippen LogP contribution is -2.22. The summed E-state index contributed by atoms with van der Waals surface area (Å²) in [6, 6.07) is 7.45. The summed E-state index contributed by atoms with van der Waals surface area (Å²) in [6.07, 6.45) is 0. The molecule has 0 aliphatic rings. The first-order chi connectivity index (χ1) is 10.6. The van der Waals surface area contributed by atoms with Gasteiger partial charge in [-0.1, -0.05) is 41.1 Å². The van der Waals surface area contributed by atoms with Crippen molar-refractivity contribution < 1.29 is 9.53 Å². The molecule has 1 aromatic carbocycles. The molecule has 0 fully saturated rings. The number of nitrogens with zero attached hydrogens (tertiary/aromatic N) is 1. The second-order valence-electron chi connectivity index (χ2n) is 4.63. The summed E-state index contributed by atoms with van der Waals surface area (Å²) in [5.74, 6) is -0.144. The van der Waals surface area contributed by atoms with Gasteiger partial charge in [-0.3, -0.25) is 4.79 Å². The summed E-state index contributed by atoms with van der Waals surface area (Å²) in [4.78, 5) is 17.2. The van der Waals surface area contributed by atoms with E-state index in [1.165, 1.54) is 11.3 Å². The first kappa shape index (κ1) is 16.7. The normalized spacial score (nSPS) is 10.5. The molecule has 0 radical (unpaired) electrons. The number of nitrogens with one attached hydrogen (secondary N) is 2. The molecule has 0 spiro atoms. The molecule has 5 nitrogen and oxygen atoms in total. The van der Waals surface area contributed by atoms with Gasteiger partial charge in [0.2, 0.25) is 0 Å². The Morgan fingerprint density at radius 2 is 2.18 bits per heavy atom. The van der Waals surface area contributed by atoms with Crippen molar-refractivity contribution in [2.75, 3.05) is 25.6 Å². The van der Waals surface area contributed by atoms with E-state index in [4.69, 9.17) is 16.3 Å². The average molecular weight is 340 g/mol. The third-order valence-electron chi connectivity index (χ3n) is 2.98. The van der Waals surface area contributed by atoms with Gasteiger partial charge in [-0.05, 0) is 18.6 Å². The predicted molar refractivity (Wildman–Crippen MR) is 89.8 cm³/mol. The van der Waals surface area contributed by atoms with Crippen LogP contribution in [0, 0.1) is 6.92 Å². The van der Waals surface area contributed by atoms with Crippen LogP contribution in [-0.4, -0.2) is 31.2 Å². The number of hydrogen-bond donors (Lipinski definition) is 2. The Hall–Kier alpha value is -1.63. The van der Waals surface area contributed by atoms with Crippen LogP contribution >= 0.6 is 22.9 Å². The molecule has 0 aliphatic heterocycles. The number of hydrogen-bond acceptors (Lipinski definition) is 5. The van der Waals surface area contributed by atoms with Crippen LogP contribution in [0.1, 0.15) is 20.9 Å². The SMILES string of the molecule is COCCNc1nc(C)c(C(=O)NCc2ccccc2Cl)s1. The maximum absolute atomic E-state index is 12.3. The Bertz CT molecular complexity index is 645. The molecule has 0 bridgehead atoms. The fourth-order valence-electron chi connectivity index (χ4n) is 1.84. The number of aromatic nitrogens is 1. The first-order valence-corrected chi connectivity index (χ1v) is 8.03. The maximum atomic E-state index is 12.3. The molecular weight excluding hydrogens is 322 g/mol. The highest BCUT2D eigenvalue weighted by molar-refractivity contribution is 7.17. The van der Waals surface area contributed by atoms with Crippen LogP contribution in [0.5, 0.6) is 0 Å². The number of carbonyl (C=O) groups excluding carboxylic acids is 1. The van der Waals surface area contributed by atoms with Crippen LogP contribution < -0.4 is 10.6 Å². The molecule has 22 heavy (non-hydrogen) atoms. The second kappa shape index (κ2) is 8.12. The van der Waals surface area contributed by atoms with Crippen LogP contribution in [0.15, 0.2) is 24.3 Å². The number of amides is 1. The highest BCUT2D eigenvalue weighted by Crippen LogP contribution is 2.22. The number of carbonyl (C=O) groups is 1. The fraction of sp³-hybridized carbons (Fsp3) is 0.333. The summed E-state index contributed by atoms with van der Waals surface area (Å²) in [7, 11) is 1.64. The molecule has 118 valence electrons. The van der Waals surface area contributed by atoms with Gasteiger partial charge in [0.15, 0.2) is 5.13 Å². The molecule has 0 aliphatic carbocycles. The number of thiazole rings is 1. The summed E-state index contributed by atoms with van der Waals surface area (Å²) in [5.41, 5.74) is 1.60. The van der Waals surface area contributed by atoms with Crippen molar-refractivity contribution in [2.24, 2.45) is 0 Å². The van der Waals surface area contributed by atoms with Crippen molar-refractivity contribution in [3.8, 4) is 0 Å². The van der Waals surface area contributed by atoms with Crippen LogP contribution in [-0.2, 0) is 11.3 Å². The van der Waals surface area contributed by atoms with E-state index in [1.54, 1.807) is 13.2 Å². The molecule has 1 amide bonds. The van der Waals surface area contributed by atoms with E-state index in [0.717, 1.165) is 10.7 Å². The van der Waals surface area contributed by atoms with Crippen molar-refractivity contribution in [1.82, 2.24) is 10.3 Å². The van der Waals surface area contributed by atoms with Gasteiger partial charge >= 0.3 is 0 Å². The molecule has 2 N–H and O–H groups in total. The van der Waals surface area contributed by atoms with Crippen LogP contribution in [0.25, 0.3) is 0 Å². The second-order valence-corrected chi connectivity index (χ2v) is 6.03. The van der Waals surface area contributed by atoms with Gasteiger partial charge in [0.1, 0.15) is 4.88 Å². The molecule has 2 rings (SSSR count). The number of aryl methyl sites for hydroxylation is 1. The lowest BCUT2D eigenvalue weighted by atomic mass is 10.2. The molecule has 1 aromatic heterocycles. The molecule has 0 unspecified atom stereocenters. The van der Waals surface area contributed by atoms with E-state index in [-0.39, 0.29) is 5.91 Å². The van der Waals surface area contributed by atoms with Gasteiger partial charge in [0.25, 0.3) is 5.91 Å². The summed E-state index contributed by atoms with van der Waals surface area (Å²) >= 11 is 7.41. The zero-order valence-electron chi connectivity index (χ0n) is 12.5. The Morgan fingerprint density at radius 3 is 2.91 bits per heavy atom. The molecule has 0 atom stereocenters. The largest absolute Gasteiger partial charge is 0.383 e. The van der Waals surface area contributed by atoms with Gasteiger partial charge in [-0.2, -0.15) is 0 Å². The third kappa shape index (κ3) is 4.43. The zero-order valence-corrected chi connectivity index (χ0v) is 14.1. The van der Waals surface area contributed by atoms with Gasteiger partial charge < -0.3 is 15.4 Å². The minimum absolute atomic E-state index is 0.144. The highest BCUT2D eigenvalue weighted by atomic mass is 35.5. The number of anilines is 1. The van der Waals surface area contributed by atoms with E-state index in [0.29, 0.717) is 35.3 Å². The average Bonchev–Trinajstić information content (AvgIpc) is 2.87. The van der Waals surface area contributed by atoms with Crippen LogP contribution in [0.3, 0.4) is 0 Å². The van der Waals surface area contributed by atoms with Crippen LogP contribution in [0.4, 0.5) is 5.13 Å². The Kier molecular flexibility index (Phi) is 6.18. The number of halogens is 1. The third-order valence-corrected chi connectivity index (χ3v) is 4.47. The molecule has 1 heterocycles. The highest BCUT2D eigenvalue weighted by Gasteiger charge is 2.15. The van der Waals surface area contributed by atoms with E-state index >= 15 is 0 Å². The Balaban J connectivity index is 1.96. The Labute approximate surface area is 138 Å². The lowest BCUT2D eigenvalue weighted by molar-refractivity contribution is 0.0954. The minimum Gasteiger partial charge on any atom is -0.383 e. The van der Waals surface area contributed by atoms with Gasteiger partial charge in [-0.15, -0.1) is 0 Å². The number of benzene rings is 1. The topological polar surface area (TPSA) is 63.2 Å². The monoisotopic (exact) mass is 339 g/mol. The summed E-state index contributed by atoms with van der Waals surface area (Å²) in [6.45, 7) is 3.46. The van der Waals surface area contributed by atoms with E-state index in [2.05, 4.69) is 15.6 Å². The van der Waals surface area contributed by atoms with Gasteiger partial charge in [-0.25, -0.2) is 4.98 Å². The molecular formula is C15H18ClN3O2S. The number of rotatable bonds is 7. The molecule has 2 aromatic rings. The first-order valence-electron chi connectivity index (χ1n) is 6.83. The zero-order chi connectivity index (χ0) is 15.9. The summed E-state index contributed by atoms with van der Waals surface area (Å²) < 4.78 is 4.97. The smallest absolute Gasteiger partial charge is 0.263 e. The summed E-state index contributed by atoms with van der Waals surface area (Å²) in [5, 5.41) is 7.36. The van der Waals surface area contributed by atoms with Crippen molar-refractivity contribution in [1.29, 1.82) is 0 Å². The molecule has 0 saturated carbocycles. The standard InChI is InChI=1S/C15H18ClN3O2S/c1-10-13(22-15(19-10)17-7-8-21-2)14(20)18-9-11-5-3-4-6-12(11)16/h3-6H,7-9H2,1-2H3,(H,17,19)(H,18,20). The van der Waals surface area contributed by atoms with Crippen LogP contribution in [0.2, 0.25) is 5.02 Å².